The zero-order chi connectivity index (χ0) is 15.5. The summed E-state index contributed by atoms with van der Waals surface area (Å²) in [5.74, 6) is -0.140. The molecule has 0 unspecified atom stereocenters. The Bertz CT molecular complexity index is 582. The van der Waals surface area contributed by atoms with Crippen molar-refractivity contribution >= 4 is 15.9 Å². The minimum Gasteiger partial charge on any atom is -0.338 e. The van der Waals surface area contributed by atoms with Crippen molar-refractivity contribution in [2.45, 2.75) is 32.4 Å². The van der Waals surface area contributed by atoms with Gasteiger partial charge in [-0.2, -0.15) is 4.31 Å². The fraction of sp³-hybridized carbons (Fsp3) is 0.533. The summed E-state index contributed by atoms with van der Waals surface area (Å²) >= 11 is 0. The van der Waals surface area contributed by atoms with E-state index < -0.39 is 10.0 Å². The average Bonchev–Trinajstić information content (AvgIpc) is 3.26. The highest BCUT2D eigenvalue weighted by Crippen LogP contribution is 2.28. The molecular weight excluding hydrogens is 288 g/mol. The normalized spacial score (nSPS) is 15.2. The van der Waals surface area contributed by atoms with E-state index in [-0.39, 0.29) is 18.5 Å². The van der Waals surface area contributed by atoms with Crippen LogP contribution in [0.15, 0.2) is 30.3 Å². The topological polar surface area (TPSA) is 57.7 Å². The molecule has 1 saturated carbocycles. The summed E-state index contributed by atoms with van der Waals surface area (Å²) in [5.41, 5.74) is 1.05. The van der Waals surface area contributed by atoms with Crippen molar-refractivity contribution in [3.8, 4) is 0 Å². The van der Waals surface area contributed by atoms with Crippen LogP contribution in [0.1, 0.15) is 25.3 Å². The Hall–Kier alpha value is -1.40. The Labute approximate surface area is 126 Å². The number of likely N-dealkylation sites (N-methyl/N-ethyl adjacent to an activating group) is 1. The first-order chi connectivity index (χ1) is 9.91. The number of carbonyl (C=O) groups is 1. The molecule has 0 saturated heterocycles. The van der Waals surface area contributed by atoms with E-state index in [9.17, 15) is 13.2 Å². The summed E-state index contributed by atoms with van der Waals surface area (Å²) in [6, 6.07) is 9.73. The van der Waals surface area contributed by atoms with Gasteiger partial charge in [0.15, 0.2) is 0 Å². The van der Waals surface area contributed by atoms with Gasteiger partial charge in [0, 0.05) is 19.1 Å². The van der Waals surface area contributed by atoms with Gasteiger partial charge in [0.05, 0.1) is 12.8 Å². The molecule has 0 aromatic heterocycles. The van der Waals surface area contributed by atoms with Crippen molar-refractivity contribution in [2.24, 2.45) is 0 Å². The number of benzene rings is 1. The van der Waals surface area contributed by atoms with E-state index in [4.69, 9.17) is 0 Å². The summed E-state index contributed by atoms with van der Waals surface area (Å²) in [6.45, 7) is 2.93. The standard InChI is InChI=1S/C15H22N2O3S/c1-3-16(11-13-7-5-4-6-8-13)15(18)12-17(14-9-10-14)21(2,19)20/h4-8,14H,3,9-12H2,1-2H3. The third-order valence-corrected chi connectivity index (χ3v) is 4.90. The highest BCUT2D eigenvalue weighted by atomic mass is 32.2. The summed E-state index contributed by atoms with van der Waals surface area (Å²) in [5, 5.41) is 0. The maximum atomic E-state index is 12.4. The summed E-state index contributed by atoms with van der Waals surface area (Å²) in [6.07, 6.45) is 2.88. The van der Waals surface area contributed by atoms with Crippen LogP contribution in [0.3, 0.4) is 0 Å². The zero-order valence-corrected chi connectivity index (χ0v) is 13.3. The van der Waals surface area contributed by atoms with E-state index in [1.807, 2.05) is 37.3 Å². The molecule has 6 heteroatoms. The summed E-state index contributed by atoms with van der Waals surface area (Å²) in [7, 11) is -3.33. The van der Waals surface area contributed by atoms with Crippen LogP contribution in [0.4, 0.5) is 0 Å². The Morgan fingerprint density at radius 2 is 1.86 bits per heavy atom. The molecule has 1 aliphatic rings. The average molecular weight is 310 g/mol. The second-order valence-corrected chi connectivity index (χ2v) is 7.37. The third-order valence-electron chi connectivity index (χ3n) is 3.62. The van der Waals surface area contributed by atoms with Crippen molar-refractivity contribution in [1.82, 2.24) is 9.21 Å². The number of hydrogen-bond acceptors (Lipinski definition) is 3. The van der Waals surface area contributed by atoms with Crippen LogP contribution >= 0.6 is 0 Å². The second kappa shape index (κ2) is 6.58. The number of nitrogens with zero attached hydrogens (tertiary/aromatic N) is 2. The number of amides is 1. The van der Waals surface area contributed by atoms with Gasteiger partial charge >= 0.3 is 0 Å². The summed E-state index contributed by atoms with van der Waals surface area (Å²) < 4.78 is 24.9. The number of rotatable bonds is 7. The van der Waals surface area contributed by atoms with Gasteiger partial charge in [-0.3, -0.25) is 4.79 Å². The highest BCUT2D eigenvalue weighted by molar-refractivity contribution is 7.88. The molecule has 116 valence electrons. The smallest absolute Gasteiger partial charge is 0.238 e. The van der Waals surface area contributed by atoms with Crippen LogP contribution in [0.25, 0.3) is 0 Å². The zero-order valence-electron chi connectivity index (χ0n) is 12.5. The lowest BCUT2D eigenvalue weighted by Gasteiger charge is -2.25. The highest BCUT2D eigenvalue weighted by Gasteiger charge is 2.36. The molecule has 21 heavy (non-hydrogen) atoms. The van der Waals surface area contributed by atoms with Gasteiger partial charge in [-0.05, 0) is 25.3 Å². The minimum atomic E-state index is -3.33. The van der Waals surface area contributed by atoms with Gasteiger partial charge in [-0.25, -0.2) is 8.42 Å². The van der Waals surface area contributed by atoms with Crippen molar-refractivity contribution in [3.05, 3.63) is 35.9 Å². The number of carbonyl (C=O) groups excluding carboxylic acids is 1. The number of hydrogen-bond donors (Lipinski definition) is 0. The van der Waals surface area contributed by atoms with Crippen LogP contribution in [0.2, 0.25) is 0 Å². The lowest BCUT2D eigenvalue weighted by molar-refractivity contribution is -0.131. The largest absolute Gasteiger partial charge is 0.338 e. The Kier molecular flexibility index (Phi) is 5.00. The van der Waals surface area contributed by atoms with E-state index >= 15 is 0 Å². The van der Waals surface area contributed by atoms with Gasteiger partial charge in [-0.15, -0.1) is 0 Å². The van der Waals surface area contributed by atoms with E-state index in [0.717, 1.165) is 18.4 Å². The molecule has 0 N–H and O–H groups in total. The molecule has 0 atom stereocenters. The van der Waals surface area contributed by atoms with Crippen molar-refractivity contribution in [1.29, 1.82) is 0 Å². The molecule has 0 radical (unpaired) electrons. The molecule has 2 rings (SSSR count). The van der Waals surface area contributed by atoms with Crippen molar-refractivity contribution in [3.63, 3.8) is 0 Å². The lowest BCUT2D eigenvalue weighted by Crippen LogP contribution is -2.43. The number of sulfonamides is 1. The fourth-order valence-electron chi connectivity index (χ4n) is 2.29. The molecule has 0 aliphatic heterocycles. The molecule has 5 nitrogen and oxygen atoms in total. The molecule has 1 amide bonds. The van der Waals surface area contributed by atoms with Gasteiger partial charge in [0.2, 0.25) is 15.9 Å². The van der Waals surface area contributed by atoms with Crippen LogP contribution in [-0.4, -0.2) is 48.9 Å². The first kappa shape index (κ1) is 16.0. The van der Waals surface area contributed by atoms with Gasteiger partial charge < -0.3 is 4.90 Å². The Balaban J connectivity index is 2.02. The molecule has 0 bridgehead atoms. The van der Waals surface area contributed by atoms with Crippen molar-refractivity contribution < 1.29 is 13.2 Å². The fourth-order valence-corrected chi connectivity index (χ4v) is 3.39. The molecule has 1 aliphatic carbocycles. The van der Waals surface area contributed by atoms with Crippen LogP contribution in [0.5, 0.6) is 0 Å². The monoisotopic (exact) mass is 310 g/mol. The van der Waals surface area contributed by atoms with Gasteiger partial charge in [0.1, 0.15) is 0 Å². The molecule has 1 aromatic rings. The van der Waals surface area contributed by atoms with Gasteiger partial charge in [0.25, 0.3) is 0 Å². The predicted octanol–water partition coefficient (Wildman–Crippen LogP) is 1.46. The van der Waals surface area contributed by atoms with E-state index in [0.29, 0.717) is 13.1 Å². The Morgan fingerprint density at radius 3 is 2.33 bits per heavy atom. The molecule has 0 heterocycles. The molecular formula is C15H22N2O3S. The quantitative estimate of drug-likeness (QED) is 0.766. The first-order valence-corrected chi connectivity index (χ1v) is 9.05. The maximum absolute atomic E-state index is 12.4. The first-order valence-electron chi connectivity index (χ1n) is 7.20. The molecule has 1 aromatic carbocycles. The van der Waals surface area contributed by atoms with Crippen LogP contribution < -0.4 is 0 Å². The van der Waals surface area contributed by atoms with E-state index in [1.165, 1.54) is 10.6 Å². The van der Waals surface area contributed by atoms with Crippen LogP contribution in [0, 0.1) is 0 Å². The second-order valence-electron chi connectivity index (χ2n) is 5.43. The van der Waals surface area contributed by atoms with Gasteiger partial charge in [-0.1, -0.05) is 30.3 Å². The SMILES string of the molecule is CCN(Cc1ccccc1)C(=O)CN(C1CC1)S(C)(=O)=O. The molecule has 0 spiro atoms. The minimum absolute atomic E-state index is 0.0133. The predicted molar refractivity (Wildman–Crippen MR) is 82.1 cm³/mol. The molecule has 1 fully saturated rings. The van der Waals surface area contributed by atoms with E-state index in [1.54, 1.807) is 4.90 Å². The Morgan fingerprint density at radius 1 is 1.24 bits per heavy atom. The van der Waals surface area contributed by atoms with Crippen molar-refractivity contribution in [2.75, 3.05) is 19.3 Å². The van der Waals surface area contributed by atoms with E-state index in [2.05, 4.69) is 0 Å². The third kappa shape index (κ3) is 4.54. The van der Waals surface area contributed by atoms with Crippen LogP contribution in [-0.2, 0) is 21.4 Å². The lowest BCUT2D eigenvalue weighted by atomic mass is 10.2. The summed E-state index contributed by atoms with van der Waals surface area (Å²) in [4.78, 5) is 14.1. The maximum Gasteiger partial charge on any atom is 0.238 e.